The number of hydrogen-bond acceptors (Lipinski definition) is 4. The van der Waals surface area contributed by atoms with Crippen molar-refractivity contribution < 1.29 is 9.90 Å². The van der Waals surface area contributed by atoms with Gasteiger partial charge in [-0.25, -0.2) is 4.79 Å². The van der Waals surface area contributed by atoms with E-state index < -0.39 is 5.97 Å². The molecule has 5 heteroatoms. The Hall–Kier alpha value is -1.10. The number of nitrogens with zero attached hydrogens (tertiary/aromatic N) is 1. The van der Waals surface area contributed by atoms with Crippen molar-refractivity contribution in [2.24, 2.45) is 11.8 Å². The van der Waals surface area contributed by atoms with Gasteiger partial charge in [-0.15, -0.1) is 0 Å². The number of rotatable bonds is 5. The largest absolute Gasteiger partial charge is 0.478 e. The lowest BCUT2D eigenvalue weighted by Gasteiger charge is -2.27. The SMILES string of the molecule is CCC1CCC(CNc2snc(C)c2C(=O)O)CC1. The second-order valence-corrected chi connectivity index (χ2v) is 6.23. The summed E-state index contributed by atoms with van der Waals surface area (Å²) < 4.78 is 4.13. The Kier molecular flexibility index (Phi) is 4.80. The van der Waals surface area contributed by atoms with Crippen molar-refractivity contribution in [3.8, 4) is 0 Å². The molecule has 2 N–H and O–H groups in total. The molecule has 0 bridgehead atoms. The van der Waals surface area contributed by atoms with Crippen LogP contribution in [0.2, 0.25) is 0 Å². The maximum atomic E-state index is 11.2. The number of nitrogens with one attached hydrogen (secondary N) is 1. The van der Waals surface area contributed by atoms with Gasteiger partial charge in [0.15, 0.2) is 0 Å². The molecule has 1 aliphatic carbocycles. The van der Waals surface area contributed by atoms with Crippen molar-refractivity contribution in [1.82, 2.24) is 4.37 Å². The van der Waals surface area contributed by atoms with Crippen molar-refractivity contribution in [2.45, 2.75) is 46.0 Å². The zero-order valence-corrected chi connectivity index (χ0v) is 12.4. The van der Waals surface area contributed by atoms with Gasteiger partial charge >= 0.3 is 5.97 Å². The molecule has 1 aromatic rings. The monoisotopic (exact) mass is 282 g/mol. The fraction of sp³-hybridized carbons (Fsp3) is 0.714. The number of carbonyl (C=O) groups is 1. The summed E-state index contributed by atoms with van der Waals surface area (Å²) >= 11 is 1.26. The standard InChI is InChI=1S/C14H22N2O2S/c1-3-10-4-6-11(7-5-10)8-15-13-12(14(17)18)9(2)16-19-13/h10-11,15H,3-8H2,1-2H3,(H,17,18). The third-order valence-corrected chi connectivity index (χ3v) is 5.07. The molecule has 0 unspecified atom stereocenters. The van der Waals surface area contributed by atoms with Gasteiger partial charge in [-0.2, -0.15) is 4.37 Å². The molecule has 4 nitrogen and oxygen atoms in total. The lowest BCUT2D eigenvalue weighted by molar-refractivity contribution is 0.0697. The third kappa shape index (κ3) is 3.47. The van der Waals surface area contributed by atoms with Crippen molar-refractivity contribution in [3.05, 3.63) is 11.3 Å². The first-order chi connectivity index (χ1) is 9.11. The molecule has 1 fully saturated rings. The number of carboxylic acids is 1. The highest BCUT2D eigenvalue weighted by atomic mass is 32.1. The molecule has 1 aliphatic rings. The van der Waals surface area contributed by atoms with Crippen LogP contribution in [0.4, 0.5) is 5.00 Å². The van der Waals surface area contributed by atoms with Crippen LogP contribution >= 0.6 is 11.5 Å². The smallest absolute Gasteiger partial charge is 0.340 e. The van der Waals surface area contributed by atoms with Gasteiger partial charge < -0.3 is 10.4 Å². The normalized spacial score (nSPS) is 23.3. The minimum Gasteiger partial charge on any atom is -0.478 e. The average molecular weight is 282 g/mol. The number of hydrogen-bond donors (Lipinski definition) is 2. The Bertz CT molecular complexity index is 437. The summed E-state index contributed by atoms with van der Waals surface area (Å²) in [5.41, 5.74) is 0.946. The molecule has 2 rings (SSSR count). The summed E-state index contributed by atoms with van der Waals surface area (Å²) in [6.45, 7) is 4.89. The predicted molar refractivity (Wildman–Crippen MR) is 78.0 cm³/mol. The van der Waals surface area contributed by atoms with E-state index in [1.54, 1.807) is 6.92 Å². The highest BCUT2D eigenvalue weighted by molar-refractivity contribution is 7.10. The molecule has 1 aromatic heterocycles. The lowest BCUT2D eigenvalue weighted by Crippen LogP contribution is -2.21. The van der Waals surface area contributed by atoms with Crippen LogP contribution in [-0.2, 0) is 0 Å². The Morgan fingerprint density at radius 1 is 1.37 bits per heavy atom. The summed E-state index contributed by atoms with van der Waals surface area (Å²) in [6, 6.07) is 0. The first-order valence-electron chi connectivity index (χ1n) is 7.05. The van der Waals surface area contributed by atoms with Crippen LogP contribution in [0.1, 0.15) is 55.1 Å². The zero-order valence-electron chi connectivity index (χ0n) is 11.6. The number of aromatic carboxylic acids is 1. The fourth-order valence-electron chi connectivity index (χ4n) is 2.82. The highest BCUT2D eigenvalue weighted by Gasteiger charge is 2.22. The van der Waals surface area contributed by atoms with E-state index in [0.29, 0.717) is 22.2 Å². The molecule has 0 atom stereocenters. The van der Waals surface area contributed by atoms with Gasteiger partial charge in [0, 0.05) is 6.54 Å². The van der Waals surface area contributed by atoms with Crippen LogP contribution in [0.25, 0.3) is 0 Å². The van der Waals surface area contributed by atoms with Crippen LogP contribution in [0.3, 0.4) is 0 Å². The minimum atomic E-state index is -0.886. The molecular weight excluding hydrogens is 260 g/mol. The van der Waals surface area contributed by atoms with E-state index in [1.807, 2.05) is 0 Å². The van der Waals surface area contributed by atoms with Crippen LogP contribution in [-0.4, -0.2) is 22.0 Å². The zero-order chi connectivity index (χ0) is 13.8. The number of aryl methyl sites for hydroxylation is 1. The molecule has 0 aliphatic heterocycles. The van der Waals surface area contributed by atoms with Crippen molar-refractivity contribution in [2.75, 3.05) is 11.9 Å². The minimum absolute atomic E-state index is 0.340. The Labute approximate surface area is 118 Å². The summed E-state index contributed by atoms with van der Waals surface area (Å²) in [6.07, 6.45) is 6.43. The highest BCUT2D eigenvalue weighted by Crippen LogP contribution is 2.31. The number of anilines is 1. The molecule has 19 heavy (non-hydrogen) atoms. The first-order valence-corrected chi connectivity index (χ1v) is 7.82. The van der Waals surface area contributed by atoms with Crippen molar-refractivity contribution in [3.63, 3.8) is 0 Å². The summed E-state index contributed by atoms with van der Waals surface area (Å²) in [4.78, 5) is 11.2. The van der Waals surface area contributed by atoms with Gasteiger partial charge in [-0.05, 0) is 43.1 Å². The van der Waals surface area contributed by atoms with Gasteiger partial charge in [0.1, 0.15) is 10.6 Å². The molecule has 0 amide bonds. The summed E-state index contributed by atoms with van der Waals surface area (Å²) in [5.74, 6) is 0.687. The van der Waals surface area contributed by atoms with Crippen LogP contribution in [0.5, 0.6) is 0 Å². The topological polar surface area (TPSA) is 62.2 Å². The van der Waals surface area contributed by atoms with E-state index in [0.717, 1.165) is 12.5 Å². The molecule has 0 saturated heterocycles. The van der Waals surface area contributed by atoms with E-state index in [-0.39, 0.29) is 0 Å². The van der Waals surface area contributed by atoms with E-state index in [4.69, 9.17) is 5.11 Å². The summed E-state index contributed by atoms with van der Waals surface area (Å²) in [5, 5.41) is 13.2. The maximum Gasteiger partial charge on any atom is 0.340 e. The number of aromatic nitrogens is 1. The van der Waals surface area contributed by atoms with E-state index in [2.05, 4.69) is 16.6 Å². The number of carboxylic acid groups (broad SMARTS) is 1. The molecule has 0 spiro atoms. The third-order valence-electron chi connectivity index (χ3n) is 4.17. The van der Waals surface area contributed by atoms with Crippen LogP contribution < -0.4 is 5.32 Å². The van der Waals surface area contributed by atoms with Gasteiger partial charge in [0.05, 0.1) is 5.69 Å². The van der Waals surface area contributed by atoms with Gasteiger partial charge in [0.25, 0.3) is 0 Å². The van der Waals surface area contributed by atoms with Crippen molar-refractivity contribution in [1.29, 1.82) is 0 Å². The maximum absolute atomic E-state index is 11.2. The second-order valence-electron chi connectivity index (χ2n) is 5.45. The second kappa shape index (κ2) is 6.37. The summed E-state index contributed by atoms with van der Waals surface area (Å²) in [7, 11) is 0. The van der Waals surface area contributed by atoms with E-state index in [1.165, 1.54) is 43.6 Å². The first kappa shape index (κ1) is 14.3. The Morgan fingerprint density at radius 2 is 2.00 bits per heavy atom. The lowest BCUT2D eigenvalue weighted by atomic mass is 9.81. The average Bonchev–Trinajstić information content (AvgIpc) is 2.78. The quantitative estimate of drug-likeness (QED) is 0.862. The Morgan fingerprint density at radius 3 is 2.58 bits per heavy atom. The molecular formula is C14H22N2O2S. The van der Waals surface area contributed by atoms with Crippen LogP contribution in [0, 0.1) is 18.8 Å². The fourth-order valence-corrected chi connectivity index (χ4v) is 3.62. The molecule has 1 saturated carbocycles. The molecule has 0 aromatic carbocycles. The van der Waals surface area contributed by atoms with Gasteiger partial charge in [0.2, 0.25) is 0 Å². The van der Waals surface area contributed by atoms with Gasteiger partial charge in [-0.3, -0.25) is 0 Å². The van der Waals surface area contributed by atoms with Crippen molar-refractivity contribution >= 4 is 22.5 Å². The molecule has 106 valence electrons. The van der Waals surface area contributed by atoms with E-state index >= 15 is 0 Å². The molecule has 1 heterocycles. The predicted octanol–water partition coefficient (Wildman–Crippen LogP) is 3.78. The Balaban J connectivity index is 1.88. The van der Waals surface area contributed by atoms with E-state index in [9.17, 15) is 4.79 Å². The van der Waals surface area contributed by atoms with Crippen LogP contribution in [0.15, 0.2) is 0 Å². The molecule has 0 radical (unpaired) electrons. The van der Waals surface area contributed by atoms with Gasteiger partial charge in [-0.1, -0.05) is 26.2 Å².